The van der Waals surface area contributed by atoms with Crippen LogP contribution in [0.1, 0.15) is 0 Å². The van der Waals surface area contributed by atoms with Gasteiger partial charge in [0.15, 0.2) is 0 Å². The molecular weight excluding hydrogens is 493 g/mol. The van der Waals surface area contributed by atoms with Gasteiger partial charge in [-0.05, 0) is 0 Å². The molecule has 0 radical (unpaired) electrons. The van der Waals surface area contributed by atoms with Crippen LogP contribution in [-0.2, 0) is 64.8 Å². The van der Waals surface area contributed by atoms with Crippen molar-refractivity contribution in [2.24, 2.45) is 0 Å². The van der Waals surface area contributed by atoms with E-state index in [0.29, 0.717) is 0 Å². The molecule has 0 aliphatic heterocycles. The molecule has 0 spiro atoms. The SMILES string of the molecule is [O]=[Ta].[Pt].[Ru]. The standard InChI is InChI=1S/O.Pt.Ru.Ta. The maximum Gasteiger partial charge on any atom is 0 e. The Balaban J connectivity index is -0.00000000500. The minimum absolute atomic E-state index is 0. The fourth-order valence-corrected chi connectivity index (χ4v) is 0. The molecule has 0 fully saturated rings. The summed E-state index contributed by atoms with van der Waals surface area (Å²) in [5, 5.41) is 0. The second kappa shape index (κ2) is 21.0. The average Bonchev–Trinajstić information content (AvgIpc) is 1.00. The second-order valence-electron chi connectivity index (χ2n) is 0. The third-order valence-electron chi connectivity index (χ3n) is 0. The predicted octanol–water partition coefficient (Wildman–Crippen LogP) is -0.126. The van der Waals surface area contributed by atoms with E-state index in [1.54, 1.807) is 0 Å². The van der Waals surface area contributed by atoms with Crippen LogP contribution in [0.3, 0.4) is 0 Å². The molecule has 0 heterocycles. The molecule has 0 rings (SSSR count). The molecular formula is OPtRuTa. The summed E-state index contributed by atoms with van der Waals surface area (Å²) in [6, 6.07) is 0. The third kappa shape index (κ3) is 9.13. The summed E-state index contributed by atoms with van der Waals surface area (Å²) >= 11 is 0.194. The molecule has 0 unspecified atom stereocenters. The fraction of sp³-hybridized carbons (Fsp3) is 0. The molecule has 0 saturated carbocycles. The zero-order valence-corrected chi connectivity index (χ0v) is 8.75. The third-order valence-corrected chi connectivity index (χ3v) is 0. The summed E-state index contributed by atoms with van der Waals surface area (Å²) < 4.78 is 8.36. The van der Waals surface area contributed by atoms with Crippen molar-refractivity contribution in [1.82, 2.24) is 0 Å². The Morgan fingerprint density at radius 2 is 1.25 bits per heavy atom. The molecule has 1 nitrogen and oxygen atoms in total. The van der Waals surface area contributed by atoms with Crippen LogP contribution in [0.2, 0.25) is 0 Å². The van der Waals surface area contributed by atoms with E-state index < -0.39 is 0 Å². The Hall–Kier alpha value is 1.85. The van der Waals surface area contributed by atoms with Gasteiger partial charge in [-0.3, -0.25) is 0 Å². The maximum atomic E-state index is 8.36. The van der Waals surface area contributed by atoms with E-state index >= 15 is 0 Å². The summed E-state index contributed by atoms with van der Waals surface area (Å²) in [7, 11) is 0. The van der Waals surface area contributed by atoms with Crippen molar-refractivity contribution < 1.29 is 64.8 Å². The predicted molar refractivity (Wildman–Crippen MR) is 0.686 cm³/mol. The summed E-state index contributed by atoms with van der Waals surface area (Å²) in [5.41, 5.74) is 0. The molecule has 29 valence electrons. The fourth-order valence-electron chi connectivity index (χ4n) is 0. The number of hydrogen-bond acceptors (Lipinski definition) is 1. The Morgan fingerprint density at radius 3 is 1.25 bits per heavy atom. The van der Waals surface area contributed by atoms with Gasteiger partial charge in [-0.1, -0.05) is 0 Å². The first kappa shape index (κ1) is 16.9. The molecule has 0 bridgehead atoms. The normalized spacial score (nSPS) is 0.750. The molecule has 0 saturated heterocycles. The monoisotopic (exact) mass is 494 g/mol. The van der Waals surface area contributed by atoms with Crippen LogP contribution in [0.4, 0.5) is 0 Å². The van der Waals surface area contributed by atoms with Crippen molar-refractivity contribution >= 4 is 0 Å². The van der Waals surface area contributed by atoms with Gasteiger partial charge in [-0.2, -0.15) is 0 Å². The number of rotatable bonds is 0. The second-order valence-corrected chi connectivity index (χ2v) is 0. The summed E-state index contributed by atoms with van der Waals surface area (Å²) in [6.07, 6.45) is 0. The van der Waals surface area contributed by atoms with Gasteiger partial charge in [0.2, 0.25) is 0 Å². The van der Waals surface area contributed by atoms with Gasteiger partial charge in [0.05, 0.1) is 0 Å². The Bertz CT molecular complexity index is 8.00. The van der Waals surface area contributed by atoms with E-state index in [9.17, 15) is 0 Å². The Morgan fingerprint density at radius 1 is 1.25 bits per heavy atom. The van der Waals surface area contributed by atoms with Gasteiger partial charge < -0.3 is 0 Å². The van der Waals surface area contributed by atoms with Gasteiger partial charge in [-0.15, -0.1) is 0 Å². The smallest absolute Gasteiger partial charge is 0 e. The van der Waals surface area contributed by atoms with Crippen LogP contribution in [0.25, 0.3) is 0 Å². The minimum Gasteiger partial charge on any atom is 0 e. The van der Waals surface area contributed by atoms with Crippen molar-refractivity contribution in [3.05, 3.63) is 0 Å². The van der Waals surface area contributed by atoms with Crippen molar-refractivity contribution in [2.45, 2.75) is 0 Å². The Kier molecular flexibility index (Phi) is 88.9. The molecule has 0 aromatic heterocycles. The molecule has 0 aliphatic rings. The van der Waals surface area contributed by atoms with Crippen molar-refractivity contribution in [3.63, 3.8) is 0 Å². The van der Waals surface area contributed by atoms with Crippen LogP contribution in [0.15, 0.2) is 0 Å². The topological polar surface area (TPSA) is 17.1 Å². The largest absolute Gasteiger partial charge is 0 e. The van der Waals surface area contributed by atoms with E-state index in [0.717, 1.165) is 0 Å². The van der Waals surface area contributed by atoms with Crippen LogP contribution in [0.5, 0.6) is 0 Å². The molecule has 4 heavy (non-hydrogen) atoms. The first-order valence-corrected chi connectivity index (χ1v) is 1.49. The Labute approximate surface area is 64.2 Å². The number of hydrogen-bond donors (Lipinski definition) is 0. The van der Waals surface area contributed by atoms with Crippen LogP contribution in [-0.4, -0.2) is 0 Å². The maximum absolute atomic E-state index is 8.36. The van der Waals surface area contributed by atoms with Gasteiger partial charge in [-0.25, -0.2) is 0 Å². The first-order valence-electron chi connectivity index (χ1n) is 0.183. The molecule has 0 atom stereocenters. The average molecular weight is 493 g/mol. The molecule has 0 amide bonds. The quantitative estimate of drug-likeness (QED) is 0.431. The van der Waals surface area contributed by atoms with Crippen LogP contribution < -0.4 is 0 Å². The first-order chi connectivity index (χ1) is 1.00. The molecule has 0 aliphatic carbocycles. The van der Waals surface area contributed by atoms with E-state index in [1.807, 2.05) is 0 Å². The van der Waals surface area contributed by atoms with E-state index in [1.165, 1.54) is 0 Å². The van der Waals surface area contributed by atoms with E-state index in [4.69, 9.17) is 3.25 Å². The zero-order chi connectivity index (χ0) is 2.00. The van der Waals surface area contributed by atoms with Crippen LogP contribution in [0, 0.1) is 0 Å². The van der Waals surface area contributed by atoms with E-state index in [2.05, 4.69) is 0 Å². The van der Waals surface area contributed by atoms with Crippen molar-refractivity contribution in [1.29, 1.82) is 0 Å². The van der Waals surface area contributed by atoms with Crippen LogP contribution >= 0.6 is 0 Å². The van der Waals surface area contributed by atoms with E-state index in [-0.39, 0.29) is 61.6 Å². The minimum atomic E-state index is 0. The molecule has 0 N–H and O–H groups in total. The molecule has 0 aromatic carbocycles. The summed E-state index contributed by atoms with van der Waals surface area (Å²) in [6.45, 7) is 0. The zero-order valence-electron chi connectivity index (χ0n) is 1.53. The van der Waals surface area contributed by atoms with Gasteiger partial charge in [0, 0.05) is 40.5 Å². The molecule has 0 aromatic rings. The van der Waals surface area contributed by atoms with Gasteiger partial charge >= 0.3 is 24.3 Å². The van der Waals surface area contributed by atoms with Crippen molar-refractivity contribution in [2.75, 3.05) is 0 Å². The van der Waals surface area contributed by atoms with Crippen molar-refractivity contribution in [3.8, 4) is 0 Å². The summed E-state index contributed by atoms with van der Waals surface area (Å²) in [4.78, 5) is 0. The van der Waals surface area contributed by atoms with Gasteiger partial charge in [0.25, 0.3) is 0 Å². The summed E-state index contributed by atoms with van der Waals surface area (Å²) in [5.74, 6) is 0. The van der Waals surface area contributed by atoms with Gasteiger partial charge in [0.1, 0.15) is 0 Å². The molecule has 4 heteroatoms.